The van der Waals surface area contributed by atoms with Crippen LogP contribution in [0, 0.1) is 0 Å². The molecular formula is C80H88N24O8. The van der Waals surface area contributed by atoms with Gasteiger partial charge in [0.05, 0.1) is 52.4 Å². The van der Waals surface area contributed by atoms with Gasteiger partial charge in [0.25, 0.3) is 22.2 Å². The number of aromatic nitrogens is 24. The molecule has 0 bridgehead atoms. The van der Waals surface area contributed by atoms with Gasteiger partial charge in [-0.3, -0.25) is 29.1 Å². The highest BCUT2D eigenvalue weighted by atomic mass is 16.3. The predicted molar refractivity (Wildman–Crippen MR) is 429 cm³/mol. The summed E-state index contributed by atoms with van der Waals surface area (Å²) in [5, 5.41) is 57.2. The predicted octanol–water partition coefficient (Wildman–Crippen LogP) is 13.2. The topological polar surface area (TPSA) is 470 Å². The SMILES string of the molecule is CC(C)c1cc2ccnnc2[nH]c1=O.CC(C)c1cc2cncnc2[nH]c1=O.CC(C)c1cc2cncnc2[nH]c1=O.CC(C)c1cc2nccnc2[nH]c1=O.CC(C)c1nc2ccnnc2cc1O.CC(C)c1nc2cncnc2cc1O.CC(C)c1nc2nccnc2cc1O.CC(C)c1nc2ncncc2cc1O. The van der Waals surface area contributed by atoms with Gasteiger partial charge in [0, 0.05) is 105 Å². The number of fused-ring (bicyclic) bond motifs is 8. The van der Waals surface area contributed by atoms with E-state index in [0.717, 1.165) is 54.8 Å². The van der Waals surface area contributed by atoms with Gasteiger partial charge in [-0.25, -0.2) is 69.8 Å². The number of hydrogen-bond donors (Lipinski definition) is 8. The van der Waals surface area contributed by atoms with Crippen molar-refractivity contribution in [2.24, 2.45) is 0 Å². The van der Waals surface area contributed by atoms with Crippen LogP contribution in [0.4, 0.5) is 0 Å². The number of H-pyrrole nitrogens is 4. The smallest absolute Gasteiger partial charge is 0.253 e. The molecule has 0 aliphatic heterocycles. The van der Waals surface area contributed by atoms with Gasteiger partial charge >= 0.3 is 0 Å². The molecule has 32 heteroatoms. The first-order valence-electron chi connectivity index (χ1n) is 36.0. The van der Waals surface area contributed by atoms with Gasteiger partial charge in [-0.05, 0) is 89.8 Å². The van der Waals surface area contributed by atoms with E-state index >= 15 is 0 Å². The molecule has 16 heterocycles. The average molecular weight is 1510 g/mol. The summed E-state index contributed by atoms with van der Waals surface area (Å²) in [5.41, 5.74) is 13.1. The van der Waals surface area contributed by atoms with Gasteiger partial charge in [-0.15, -0.1) is 10.2 Å². The van der Waals surface area contributed by atoms with E-state index < -0.39 is 0 Å². The lowest BCUT2D eigenvalue weighted by Crippen LogP contribution is -2.14. The second-order valence-corrected chi connectivity index (χ2v) is 28.0. The third-order valence-electron chi connectivity index (χ3n) is 16.8. The van der Waals surface area contributed by atoms with Gasteiger partial charge in [0.15, 0.2) is 22.6 Å². The summed E-state index contributed by atoms with van der Waals surface area (Å²) in [6.45, 7) is 31.7. The molecule has 0 spiro atoms. The van der Waals surface area contributed by atoms with Crippen LogP contribution < -0.4 is 22.2 Å². The molecule has 576 valence electrons. The lowest BCUT2D eigenvalue weighted by Gasteiger charge is -2.07. The van der Waals surface area contributed by atoms with Crippen molar-refractivity contribution in [1.82, 2.24) is 120 Å². The summed E-state index contributed by atoms with van der Waals surface area (Å²) >= 11 is 0. The molecule has 0 aromatic carbocycles. The summed E-state index contributed by atoms with van der Waals surface area (Å²) in [6, 6.07) is 17.5. The summed E-state index contributed by atoms with van der Waals surface area (Å²) in [7, 11) is 0. The van der Waals surface area contributed by atoms with Crippen molar-refractivity contribution in [3.05, 3.63) is 234 Å². The zero-order chi connectivity index (χ0) is 81.0. The molecule has 0 unspecified atom stereocenters. The zero-order valence-electron chi connectivity index (χ0n) is 64.8. The van der Waals surface area contributed by atoms with Crippen LogP contribution in [-0.4, -0.2) is 141 Å². The van der Waals surface area contributed by atoms with Crippen LogP contribution in [0.3, 0.4) is 0 Å². The van der Waals surface area contributed by atoms with E-state index in [-0.39, 0.29) is 92.6 Å². The fourth-order valence-corrected chi connectivity index (χ4v) is 10.9. The highest BCUT2D eigenvalue weighted by Crippen LogP contribution is 2.30. The Morgan fingerprint density at radius 2 is 0.670 bits per heavy atom. The maximum absolute atomic E-state index is 11.6. The minimum absolute atomic E-state index is 0.0637. The molecule has 0 amide bonds. The Hall–Kier alpha value is -13.7. The highest BCUT2D eigenvalue weighted by Gasteiger charge is 2.16. The van der Waals surface area contributed by atoms with Crippen molar-refractivity contribution in [1.29, 1.82) is 0 Å². The molecule has 16 aromatic heterocycles. The van der Waals surface area contributed by atoms with Crippen LogP contribution in [0.5, 0.6) is 23.0 Å². The van der Waals surface area contributed by atoms with Gasteiger partial charge in [-0.1, -0.05) is 111 Å². The lowest BCUT2D eigenvalue weighted by atomic mass is 10.0. The maximum atomic E-state index is 11.6. The van der Waals surface area contributed by atoms with Crippen LogP contribution in [0.25, 0.3) is 88.5 Å². The first-order valence-corrected chi connectivity index (χ1v) is 36.0. The molecule has 8 N–H and O–H groups in total. The summed E-state index contributed by atoms with van der Waals surface area (Å²) in [6.07, 6.45) is 22.0. The molecule has 0 aliphatic carbocycles. The van der Waals surface area contributed by atoms with Crippen LogP contribution >= 0.6 is 0 Å². The Labute approximate surface area is 641 Å². The van der Waals surface area contributed by atoms with Crippen molar-refractivity contribution in [2.45, 2.75) is 158 Å². The van der Waals surface area contributed by atoms with Gasteiger partial charge in [0.2, 0.25) is 0 Å². The summed E-state index contributed by atoms with van der Waals surface area (Å²) < 4.78 is 0. The van der Waals surface area contributed by atoms with Crippen molar-refractivity contribution in [3.63, 3.8) is 0 Å². The molecule has 0 saturated heterocycles. The Kier molecular flexibility index (Phi) is 27.9. The number of aromatic amines is 4. The Morgan fingerprint density at radius 1 is 0.277 bits per heavy atom. The van der Waals surface area contributed by atoms with E-state index in [1.54, 1.807) is 98.4 Å². The third kappa shape index (κ3) is 21.4. The van der Waals surface area contributed by atoms with Crippen LogP contribution in [0.2, 0.25) is 0 Å². The Balaban J connectivity index is 0.000000147. The van der Waals surface area contributed by atoms with Gasteiger partial charge < -0.3 is 40.4 Å². The molecule has 0 atom stereocenters. The minimum atomic E-state index is -0.0759. The van der Waals surface area contributed by atoms with Gasteiger partial charge in [-0.2, -0.15) is 10.2 Å². The molecular weight excluding hydrogens is 1430 g/mol. The average Bonchev–Trinajstić information content (AvgIpc) is 0.876. The summed E-state index contributed by atoms with van der Waals surface area (Å²) in [4.78, 5) is 122. The molecule has 0 aliphatic rings. The van der Waals surface area contributed by atoms with Crippen molar-refractivity contribution < 1.29 is 20.4 Å². The molecule has 16 rings (SSSR count). The first-order chi connectivity index (χ1) is 53.5. The van der Waals surface area contributed by atoms with Crippen molar-refractivity contribution in [2.75, 3.05) is 0 Å². The number of nitrogens with zero attached hydrogens (tertiary/aromatic N) is 20. The van der Waals surface area contributed by atoms with Crippen LogP contribution in [-0.2, 0) is 0 Å². The molecule has 0 radical (unpaired) electrons. The first kappa shape index (κ1) is 82.4. The fourth-order valence-electron chi connectivity index (χ4n) is 10.9. The number of aromatic hydroxyl groups is 4. The standard InChI is InChI=1S/8C10H11N3O/c1-6(2)10-9(14)3-7-8(13-10)4-11-5-12-7;1-6(2)9-8(14)3-7-4-11-5-12-10(7)13-9;2*1-6(2)8-3-7-4-11-5-12-9(7)13-10(8)14;1-6(2)9-8(14)5-7-10(13-9)12-4-3-11-7;1-6(2)7-5-8-9(13-10(7)14)12-4-3-11-8;1-6(2)10-9(14)5-8-7(12-10)3-4-11-13-8;1-6(2)8-5-7-3-4-11-13-9(7)12-10(8)14/h2*3-6,14H,1-2H3;2*3-6H,1-2H3,(H,11,12,13,14);3-6,14H,1-2H3;3-6H,1-2H3,(H,12,13,14);3-6,14H,1-2H3;3-6H,1-2H3,(H,12,13,14). The van der Waals surface area contributed by atoms with Crippen LogP contribution in [0.1, 0.15) is 203 Å². The summed E-state index contributed by atoms with van der Waals surface area (Å²) in [5.74, 6) is 2.39. The quantitative estimate of drug-likeness (QED) is 0.0700. The molecule has 112 heavy (non-hydrogen) atoms. The molecule has 0 fully saturated rings. The monoisotopic (exact) mass is 1510 g/mol. The molecule has 0 saturated carbocycles. The van der Waals surface area contributed by atoms with Crippen molar-refractivity contribution in [3.8, 4) is 23.0 Å². The Bertz CT molecular complexity index is 5430. The zero-order valence-corrected chi connectivity index (χ0v) is 64.8. The normalized spacial score (nSPS) is 11.1. The second-order valence-electron chi connectivity index (χ2n) is 28.0. The number of pyridine rings is 8. The molecule has 32 nitrogen and oxygen atoms in total. The van der Waals surface area contributed by atoms with E-state index in [0.29, 0.717) is 78.7 Å². The Morgan fingerprint density at radius 3 is 1.21 bits per heavy atom. The number of hydrogen-bond acceptors (Lipinski definition) is 28. The van der Waals surface area contributed by atoms with E-state index in [1.165, 1.54) is 25.3 Å². The van der Waals surface area contributed by atoms with E-state index in [9.17, 15) is 39.6 Å². The maximum Gasteiger partial charge on any atom is 0.253 e. The number of nitrogens with one attached hydrogen (secondary N) is 4. The lowest BCUT2D eigenvalue weighted by molar-refractivity contribution is 0.460. The number of rotatable bonds is 8. The molecule has 16 aromatic rings. The third-order valence-corrected chi connectivity index (χ3v) is 16.8. The minimum Gasteiger partial charge on any atom is -0.506 e. The van der Waals surface area contributed by atoms with E-state index in [1.807, 2.05) is 135 Å². The van der Waals surface area contributed by atoms with E-state index in [4.69, 9.17) is 0 Å². The fraction of sp³-hybridized carbons (Fsp3) is 0.300. The van der Waals surface area contributed by atoms with Crippen LogP contribution in [0.15, 0.2) is 167 Å². The second kappa shape index (κ2) is 37.9. The van der Waals surface area contributed by atoms with Crippen molar-refractivity contribution >= 4 is 88.5 Å². The largest absolute Gasteiger partial charge is 0.506 e. The van der Waals surface area contributed by atoms with Gasteiger partial charge in [0.1, 0.15) is 81.7 Å². The highest BCUT2D eigenvalue weighted by molar-refractivity contribution is 5.79. The van der Waals surface area contributed by atoms with E-state index in [2.05, 4.69) is 120 Å².